The fourth-order valence-electron chi connectivity index (χ4n) is 2.19. The van der Waals surface area contributed by atoms with Gasteiger partial charge in [-0.25, -0.2) is 0 Å². The highest BCUT2D eigenvalue weighted by molar-refractivity contribution is 6.13. The fraction of sp³-hybridized carbons (Fsp3) is 0.133. The van der Waals surface area contributed by atoms with E-state index >= 15 is 0 Å². The summed E-state index contributed by atoms with van der Waals surface area (Å²) < 4.78 is 10.9. The zero-order valence-corrected chi connectivity index (χ0v) is 9.97. The van der Waals surface area contributed by atoms with Gasteiger partial charge >= 0.3 is 0 Å². The second-order valence-electron chi connectivity index (χ2n) is 4.11. The Hall–Kier alpha value is -2.29. The Bertz CT molecular complexity index is 617. The van der Waals surface area contributed by atoms with Gasteiger partial charge in [-0.3, -0.25) is 4.79 Å². The van der Waals surface area contributed by atoms with E-state index in [4.69, 9.17) is 9.47 Å². The Balaban J connectivity index is 2.24. The summed E-state index contributed by atoms with van der Waals surface area (Å²) in [6, 6.07) is 12.8. The maximum Gasteiger partial charge on any atom is 0.200 e. The Morgan fingerprint density at radius 3 is 2.78 bits per heavy atom. The largest absolute Gasteiger partial charge is 0.496 e. The normalized spacial score (nSPS) is 13.1. The molecule has 18 heavy (non-hydrogen) atoms. The molecule has 1 aliphatic heterocycles. The summed E-state index contributed by atoms with van der Waals surface area (Å²) in [5.41, 5.74) is 2.04. The number of ketones is 1. The van der Waals surface area contributed by atoms with Gasteiger partial charge in [-0.2, -0.15) is 0 Å². The first-order valence-electron chi connectivity index (χ1n) is 5.73. The summed E-state index contributed by atoms with van der Waals surface area (Å²) in [7, 11) is 1.57. The molecule has 0 saturated carbocycles. The van der Waals surface area contributed by atoms with E-state index in [0.29, 0.717) is 29.2 Å². The maximum absolute atomic E-state index is 12.5. The molecular weight excluding hydrogens is 228 g/mol. The van der Waals surface area contributed by atoms with Crippen molar-refractivity contribution in [1.29, 1.82) is 0 Å². The van der Waals surface area contributed by atoms with Gasteiger partial charge in [-0.1, -0.05) is 24.3 Å². The standard InChI is InChI=1S/C15H12O3/c1-17-13-8-4-5-10-9-18-12-7-3-2-6-11(12)15(16)14(10)13/h2-8H,9H2,1H3. The van der Waals surface area contributed by atoms with Crippen molar-refractivity contribution in [2.75, 3.05) is 7.11 Å². The summed E-state index contributed by atoms with van der Waals surface area (Å²) in [6.07, 6.45) is 0. The van der Waals surface area contributed by atoms with Crippen LogP contribution in [0, 0.1) is 0 Å². The van der Waals surface area contributed by atoms with Crippen LogP contribution < -0.4 is 9.47 Å². The molecule has 90 valence electrons. The predicted molar refractivity (Wildman–Crippen MR) is 67.2 cm³/mol. The van der Waals surface area contributed by atoms with Crippen LogP contribution in [0.25, 0.3) is 0 Å². The van der Waals surface area contributed by atoms with Gasteiger partial charge in [-0.05, 0) is 18.2 Å². The lowest BCUT2D eigenvalue weighted by molar-refractivity contribution is 0.103. The lowest BCUT2D eigenvalue weighted by Crippen LogP contribution is -2.05. The summed E-state index contributed by atoms with van der Waals surface area (Å²) >= 11 is 0. The molecule has 0 N–H and O–H groups in total. The number of hydrogen-bond acceptors (Lipinski definition) is 3. The number of carbonyl (C=O) groups excluding carboxylic acids is 1. The van der Waals surface area contributed by atoms with Crippen LogP contribution in [0.4, 0.5) is 0 Å². The van der Waals surface area contributed by atoms with Crippen molar-refractivity contribution >= 4 is 5.78 Å². The van der Waals surface area contributed by atoms with E-state index in [1.807, 2.05) is 30.3 Å². The Morgan fingerprint density at radius 1 is 1.11 bits per heavy atom. The summed E-state index contributed by atoms with van der Waals surface area (Å²) in [5.74, 6) is 1.18. The highest BCUT2D eigenvalue weighted by atomic mass is 16.5. The van der Waals surface area contributed by atoms with Crippen LogP contribution in [0.3, 0.4) is 0 Å². The predicted octanol–water partition coefficient (Wildman–Crippen LogP) is 2.82. The van der Waals surface area contributed by atoms with Crippen molar-refractivity contribution in [2.24, 2.45) is 0 Å². The number of fused-ring (bicyclic) bond motifs is 2. The van der Waals surface area contributed by atoms with E-state index in [1.54, 1.807) is 19.2 Å². The molecule has 0 aliphatic carbocycles. The lowest BCUT2D eigenvalue weighted by Gasteiger charge is -2.09. The molecule has 0 unspecified atom stereocenters. The molecule has 2 aromatic carbocycles. The number of rotatable bonds is 1. The number of methoxy groups -OCH3 is 1. The van der Waals surface area contributed by atoms with Crippen LogP contribution in [0.15, 0.2) is 42.5 Å². The van der Waals surface area contributed by atoms with Crippen molar-refractivity contribution in [3.05, 3.63) is 59.2 Å². The molecule has 3 rings (SSSR count). The third-order valence-corrected chi connectivity index (χ3v) is 3.07. The van der Waals surface area contributed by atoms with Crippen LogP contribution in [0.2, 0.25) is 0 Å². The second kappa shape index (κ2) is 4.18. The van der Waals surface area contributed by atoms with E-state index in [9.17, 15) is 4.79 Å². The van der Waals surface area contributed by atoms with Crippen LogP contribution in [-0.2, 0) is 6.61 Å². The maximum atomic E-state index is 12.5. The van der Waals surface area contributed by atoms with Crippen molar-refractivity contribution in [3.63, 3.8) is 0 Å². The van der Waals surface area contributed by atoms with E-state index in [2.05, 4.69) is 0 Å². The van der Waals surface area contributed by atoms with Crippen molar-refractivity contribution in [2.45, 2.75) is 6.61 Å². The van der Waals surface area contributed by atoms with Gasteiger partial charge in [0.2, 0.25) is 5.78 Å². The number of carbonyl (C=O) groups is 1. The van der Waals surface area contributed by atoms with Gasteiger partial charge in [0.25, 0.3) is 0 Å². The Morgan fingerprint density at radius 2 is 1.94 bits per heavy atom. The number of hydrogen-bond donors (Lipinski definition) is 0. The number of para-hydroxylation sites is 1. The highest BCUT2D eigenvalue weighted by Gasteiger charge is 2.24. The molecule has 1 heterocycles. The summed E-state index contributed by atoms with van der Waals surface area (Å²) in [6.45, 7) is 0.384. The van der Waals surface area contributed by atoms with Crippen LogP contribution in [0.1, 0.15) is 21.5 Å². The Labute approximate surface area is 105 Å². The van der Waals surface area contributed by atoms with Gasteiger partial charge in [-0.15, -0.1) is 0 Å². The minimum absolute atomic E-state index is 0.0458. The van der Waals surface area contributed by atoms with E-state index in [-0.39, 0.29) is 5.78 Å². The van der Waals surface area contributed by atoms with Gasteiger partial charge < -0.3 is 9.47 Å². The lowest BCUT2D eigenvalue weighted by atomic mass is 9.98. The highest BCUT2D eigenvalue weighted by Crippen LogP contribution is 2.32. The Kier molecular flexibility index (Phi) is 2.52. The van der Waals surface area contributed by atoms with Gasteiger partial charge in [0.1, 0.15) is 18.1 Å². The summed E-state index contributed by atoms with van der Waals surface area (Å²) in [5, 5.41) is 0. The minimum Gasteiger partial charge on any atom is -0.496 e. The quantitative estimate of drug-likeness (QED) is 0.768. The smallest absolute Gasteiger partial charge is 0.200 e. The molecule has 0 atom stereocenters. The van der Waals surface area contributed by atoms with Crippen molar-refractivity contribution in [1.82, 2.24) is 0 Å². The van der Waals surface area contributed by atoms with Crippen LogP contribution in [0.5, 0.6) is 11.5 Å². The average molecular weight is 240 g/mol. The van der Waals surface area contributed by atoms with Crippen LogP contribution in [-0.4, -0.2) is 12.9 Å². The monoisotopic (exact) mass is 240 g/mol. The van der Waals surface area contributed by atoms with Crippen molar-refractivity contribution < 1.29 is 14.3 Å². The van der Waals surface area contributed by atoms with Gasteiger partial charge in [0.15, 0.2) is 0 Å². The average Bonchev–Trinajstić information content (AvgIpc) is 2.57. The first-order chi connectivity index (χ1) is 8.81. The molecule has 0 bridgehead atoms. The zero-order valence-electron chi connectivity index (χ0n) is 9.97. The molecular formula is C15H12O3. The first kappa shape index (κ1) is 10.8. The van der Waals surface area contributed by atoms with Gasteiger partial charge in [0, 0.05) is 5.56 Å². The molecule has 3 heteroatoms. The molecule has 1 aliphatic rings. The molecule has 2 aromatic rings. The zero-order chi connectivity index (χ0) is 12.5. The third kappa shape index (κ3) is 1.56. The van der Waals surface area contributed by atoms with E-state index < -0.39 is 0 Å². The molecule has 0 aromatic heterocycles. The molecule has 3 nitrogen and oxygen atoms in total. The van der Waals surface area contributed by atoms with E-state index in [0.717, 1.165) is 5.56 Å². The molecule has 0 spiro atoms. The molecule has 0 radical (unpaired) electrons. The number of ether oxygens (including phenoxy) is 2. The summed E-state index contributed by atoms with van der Waals surface area (Å²) in [4.78, 5) is 12.5. The topological polar surface area (TPSA) is 35.5 Å². The SMILES string of the molecule is COc1cccc2c1C(=O)c1ccccc1OC2. The molecule has 0 amide bonds. The minimum atomic E-state index is -0.0458. The van der Waals surface area contributed by atoms with E-state index in [1.165, 1.54) is 0 Å². The van der Waals surface area contributed by atoms with Gasteiger partial charge in [0.05, 0.1) is 18.2 Å². The van der Waals surface area contributed by atoms with Crippen molar-refractivity contribution in [3.8, 4) is 11.5 Å². The first-order valence-corrected chi connectivity index (χ1v) is 5.73. The molecule has 0 fully saturated rings. The fourth-order valence-corrected chi connectivity index (χ4v) is 2.19. The second-order valence-corrected chi connectivity index (χ2v) is 4.11. The number of benzene rings is 2. The molecule has 0 saturated heterocycles. The van der Waals surface area contributed by atoms with Crippen LogP contribution >= 0.6 is 0 Å². The third-order valence-electron chi connectivity index (χ3n) is 3.07.